The molecule has 1 aliphatic heterocycles. The molecule has 2 N–H and O–H groups in total. The zero-order chi connectivity index (χ0) is 13.2. The Bertz CT molecular complexity index is 656. The van der Waals surface area contributed by atoms with E-state index in [9.17, 15) is 0 Å². The number of fused-ring (bicyclic) bond motifs is 1. The van der Waals surface area contributed by atoms with E-state index in [4.69, 9.17) is 9.68 Å². The number of hydrogen-bond acceptors (Lipinski definition) is 6. The SMILES string of the molecule is Cc1ccc(Nc2nc(C#N)nc3c2CNCC3)o1. The summed E-state index contributed by atoms with van der Waals surface area (Å²) in [4.78, 5) is 8.48. The van der Waals surface area contributed by atoms with E-state index in [1.165, 1.54) is 0 Å². The van der Waals surface area contributed by atoms with E-state index in [0.717, 1.165) is 30.0 Å². The molecule has 0 spiro atoms. The lowest BCUT2D eigenvalue weighted by molar-refractivity contribution is 0.550. The fraction of sp³-hybridized carbons (Fsp3) is 0.308. The van der Waals surface area contributed by atoms with Crippen LogP contribution in [0.4, 0.5) is 11.7 Å². The standard InChI is InChI=1S/C13H13N5O/c1-8-2-3-12(19-8)18-13-9-7-15-5-4-10(9)16-11(6-14)17-13/h2-3,15H,4-5,7H2,1H3,(H,16,17,18). The summed E-state index contributed by atoms with van der Waals surface area (Å²) < 4.78 is 5.48. The van der Waals surface area contributed by atoms with Gasteiger partial charge < -0.3 is 15.1 Å². The second-order valence-corrected chi connectivity index (χ2v) is 4.39. The van der Waals surface area contributed by atoms with Crippen LogP contribution in [0.5, 0.6) is 0 Å². The van der Waals surface area contributed by atoms with Crippen molar-refractivity contribution in [3.05, 3.63) is 35.0 Å². The molecule has 3 heterocycles. The fourth-order valence-corrected chi connectivity index (χ4v) is 2.11. The van der Waals surface area contributed by atoms with Gasteiger partial charge in [0.05, 0.1) is 5.69 Å². The number of nitrogens with zero attached hydrogens (tertiary/aromatic N) is 3. The van der Waals surface area contributed by atoms with Crippen LogP contribution in [0.2, 0.25) is 0 Å². The van der Waals surface area contributed by atoms with E-state index in [1.807, 2.05) is 25.1 Å². The third-order valence-electron chi connectivity index (χ3n) is 3.02. The van der Waals surface area contributed by atoms with Crippen molar-refractivity contribution in [3.8, 4) is 6.07 Å². The number of nitriles is 1. The van der Waals surface area contributed by atoms with Gasteiger partial charge in [0.1, 0.15) is 17.6 Å². The first kappa shape index (κ1) is 11.7. The first-order valence-electron chi connectivity index (χ1n) is 6.10. The van der Waals surface area contributed by atoms with Crippen molar-refractivity contribution in [1.82, 2.24) is 15.3 Å². The highest BCUT2D eigenvalue weighted by molar-refractivity contribution is 5.57. The largest absolute Gasteiger partial charge is 0.446 e. The third kappa shape index (κ3) is 2.28. The number of rotatable bonds is 2. The minimum absolute atomic E-state index is 0.187. The van der Waals surface area contributed by atoms with Crippen molar-refractivity contribution in [3.63, 3.8) is 0 Å². The maximum atomic E-state index is 8.99. The van der Waals surface area contributed by atoms with Crippen molar-refractivity contribution in [1.29, 1.82) is 5.26 Å². The smallest absolute Gasteiger partial charge is 0.234 e. The molecule has 0 fully saturated rings. The predicted octanol–water partition coefficient (Wildman–Crippen LogP) is 1.64. The Kier molecular flexibility index (Phi) is 2.89. The minimum Gasteiger partial charge on any atom is -0.446 e. The Morgan fingerprint density at radius 3 is 3.05 bits per heavy atom. The van der Waals surface area contributed by atoms with E-state index in [1.54, 1.807) is 0 Å². The molecule has 6 heteroatoms. The number of nitrogens with one attached hydrogen (secondary N) is 2. The molecule has 0 saturated carbocycles. The van der Waals surface area contributed by atoms with Gasteiger partial charge in [0, 0.05) is 31.1 Å². The van der Waals surface area contributed by atoms with Gasteiger partial charge in [-0.1, -0.05) is 0 Å². The monoisotopic (exact) mass is 255 g/mol. The average Bonchev–Trinajstić information content (AvgIpc) is 2.84. The number of hydrogen-bond donors (Lipinski definition) is 2. The van der Waals surface area contributed by atoms with Gasteiger partial charge in [-0.25, -0.2) is 9.97 Å². The maximum absolute atomic E-state index is 8.99. The van der Waals surface area contributed by atoms with Crippen LogP contribution in [0, 0.1) is 18.3 Å². The molecule has 0 bridgehead atoms. The first-order chi connectivity index (χ1) is 9.26. The molecule has 1 aliphatic rings. The summed E-state index contributed by atoms with van der Waals surface area (Å²) in [5.41, 5.74) is 1.93. The van der Waals surface area contributed by atoms with E-state index >= 15 is 0 Å². The molecule has 0 radical (unpaired) electrons. The van der Waals surface area contributed by atoms with Crippen LogP contribution in [0.15, 0.2) is 16.5 Å². The maximum Gasteiger partial charge on any atom is 0.234 e. The Balaban J connectivity index is 2.01. The van der Waals surface area contributed by atoms with Gasteiger partial charge in [-0.15, -0.1) is 0 Å². The van der Waals surface area contributed by atoms with Crippen molar-refractivity contribution in [2.45, 2.75) is 19.9 Å². The van der Waals surface area contributed by atoms with Crippen molar-refractivity contribution < 1.29 is 4.42 Å². The number of aryl methyl sites for hydroxylation is 1. The first-order valence-corrected chi connectivity index (χ1v) is 6.10. The molecule has 96 valence electrons. The van der Waals surface area contributed by atoms with Gasteiger partial charge in [-0.2, -0.15) is 5.26 Å². The molecule has 0 atom stereocenters. The summed E-state index contributed by atoms with van der Waals surface area (Å²) in [5, 5.41) is 15.4. The second-order valence-electron chi connectivity index (χ2n) is 4.39. The number of furan rings is 1. The number of aromatic nitrogens is 2. The van der Waals surface area contributed by atoms with Crippen LogP contribution < -0.4 is 10.6 Å². The predicted molar refractivity (Wildman–Crippen MR) is 68.9 cm³/mol. The highest BCUT2D eigenvalue weighted by Gasteiger charge is 2.18. The quantitative estimate of drug-likeness (QED) is 0.848. The summed E-state index contributed by atoms with van der Waals surface area (Å²) in [5.74, 6) is 2.27. The highest BCUT2D eigenvalue weighted by Crippen LogP contribution is 2.24. The molecular formula is C13H13N5O. The molecule has 0 aliphatic carbocycles. The van der Waals surface area contributed by atoms with E-state index in [2.05, 4.69) is 20.6 Å². The minimum atomic E-state index is 0.187. The fourth-order valence-electron chi connectivity index (χ4n) is 2.11. The molecule has 0 unspecified atom stereocenters. The molecule has 19 heavy (non-hydrogen) atoms. The van der Waals surface area contributed by atoms with E-state index in [0.29, 0.717) is 18.2 Å². The van der Waals surface area contributed by atoms with Gasteiger partial charge in [0.15, 0.2) is 5.88 Å². The van der Waals surface area contributed by atoms with Gasteiger partial charge in [0.2, 0.25) is 5.82 Å². The summed E-state index contributed by atoms with van der Waals surface area (Å²) in [6.07, 6.45) is 0.804. The van der Waals surface area contributed by atoms with Crippen LogP contribution in [-0.4, -0.2) is 16.5 Å². The molecule has 2 aromatic heterocycles. The van der Waals surface area contributed by atoms with Crippen LogP contribution in [0.3, 0.4) is 0 Å². The lowest BCUT2D eigenvalue weighted by atomic mass is 10.1. The summed E-state index contributed by atoms with van der Waals surface area (Å²) in [6.45, 7) is 3.44. The van der Waals surface area contributed by atoms with Crippen LogP contribution >= 0.6 is 0 Å². The number of anilines is 2. The average molecular weight is 255 g/mol. The Morgan fingerprint density at radius 1 is 1.42 bits per heavy atom. The summed E-state index contributed by atoms with van der Waals surface area (Å²) in [6, 6.07) is 5.71. The molecule has 6 nitrogen and oxygen atoms in total. The van der Waals surface area contributed by atoms with E-state index in [-0.39, 0.29) is 5.82 Å². The zero-order valence-corrected chi connectivity index (χ0v) is 10.5. The van der Waals surface area contributed by atoms with Gasteiger partial charge in [-0.05, 0) is 13.0 Å². The van der Waals surface area contributed by atoms with E-state index < -0.39 is 0 Å². The third-order valence-corrected chi connectivity index (χ3v) is 3.02. The lowest BCUT2D eigenvalue weighted by Crippen LogP contribution is -2.26. The van der Waals surface area contributed by atoms with Gasteiger partial charge in [-0.3, -0.25) is 0 Å². The molecular weight excluding hydrogens is 242 g/mol. The molecule has 0 amide bonds. The van der Waals surface area contributed by atoms with Gasteiger partial charge >= 0.3 is 0 Å². The molecule has 0 aromatic carbocycles. The molecule has 2 aromatic rings. The van der Waals surface area contributed by atoms with Crippen LogP contribution in [0.1, 0.15) is 22.8 Å². The summed E-state index contributed by atoms with van der Waals surface area (Å²) >= 11 is 0. The molecule has 0 saturated heterocycles. The molecule has 3 rings (SSSR count). The zero-order valence-electron chi connectivity index (χ0n) is 10.5. The lowest BCUT2D eigenvalue weighted by Gasteiger charge is -2.18. The van der Waals surface area contributed by atoms with Crippen LogP contribution in [-0.2, 0) is 13.0 Å². The van der Waals surface area contributed by atoms with Crippen molar-refractivity contribution in [2.75, 3.05) is 11.9 Å². The topological polar surface area (TPSA) is 86.8 Å². The second kappa shape index (κ2) is 4.71. The Hall–Kier alpha value is -2.39. The Morgan fingerprint density at radius 2 is 2.32 bits per heavy atom. The van der Waals surface area contributed by atoms with Crippen molar-refractivity contribution >= 4 is 11.7 Å². The highest BCUT2D eigenvalue weighted by atomic mass is 16.4. The normalized spacial score (nSPS) is 13.7. The van der Waals surface area contributed by atoms with Crippen molar-refractivity contribution in [2.24, 2.45) is 0 Å². The van der Waals surface area contributed by atoms with Gasteiger partial charge in [0.25, 0.3) is 0 Å². The Labute approximate surface area is 110 Å². The van der Waals surface area contributed by atoms with Crippen LogP contribution in [0.25, 0.3) is 0 Å². The summed E-state index contributed by atoms with van der Waals surface area (Å²) in [7, 11) is 0.